The third-order valence-corrected chi connectivity index (χ3v) is 8.76. The molecule has 5 nitrogen and oxygen atoms in total. The molecule has 2 N–H and O–H groups in total. The van der Waals surface area contributed by atoms with E-state index in [9.17, 15) is 8.42 Å². The Hall–Kier alpha value is -1.86. The van der Waals surface area contributed by atoms with Crippen molar-refractivity contribution >= 4 is 32.5 Å². The van der Waals surface area contributed by atoms with Crippen LogP contribution in [0.4, 0.5) is 0 Å². The molecule has 1 aromatic heterocycles. The van der Waals surface area contributed by atoms with Gasteiger partial charge in [-0.2, -0.15) is 0 Å². The summed E-state index contributed by atoms with van der Waals surface area (Å²) in [7, 11) is -1.29. The van der Waals surface area contributed by atoms with Crippen molar-refractivity contribution in [1.29, 1.82) is 0 Å². The predicted molar refractivity (Wildman–Crippen MR) is 141 cm³/mol. The summed E-state index contributed by atoms with van der Waals surface area (Å²) in [5, 5.41) is 1.80. The first-order chi connectivity index (χ1) is 16.4. The summed E-state index contributed by atoms with van der Waals surface area (Å²) < 4.78 is 28.1. The third-order valence-electron chi connectivity index (χ3n) is 7.04. The van der Waals surface area contributed by atoms with Crippen molar-refractivity contribution in [3.05, 3.63) is 64.8 Å². The van der Waals surface area contributed by atoms with Crippen LogP contribution in [0.25, 0.3) is 10.9 Å². The molecule has 184 valence electrons. The van der Waals surface area contributed by atoms with E-state index in [1.807, 2.05) is 36.5 Å². The third kappa shape index (κ3) is 6.85. The van der Waals surface area contributed by atoms with Gasteiger partial charge in [0.2, 0.25) is 10.0 Å². The largest absolute Gasteiger partial charge is 0.361 e. The zero-order valence-electron chi connectivity index (χ0n) is 20.0. The fraction of sp³-hybridized carbons (Fsp3) is 0.481. The molecule has 0 saturated carbocycles. The van der Waals surface area contributed by atoms with Crippen LogP contribution in [0, 0.1) is 5.92 Å². The summed E-state index contributed by atoms with van der Waals surface area (Å²) in [6.45, 7) is 2.85. The van der Waals surface area contributed by atoms with Crippen LogP contribution >= 0.6 is 11.6 Å². The zero-order chi connectivity index (χ0) is 24.0. The summed E-state index contributed by atoms with van der Waals surface area (Å²) in [6.07, 6.45) is 10.9. The molecule has 2 heterocycles. The van der Waals surface area contributed by atoms with Gasteiger partial charge in [-0.3, -0.25) is 0 Å². The minimum Gasteiger partial charge on any atom is -0.361 e. The number of hydrogen-bond donors (Lipinski definition) is 2. The smallest absolute Gasteiger partial charge is 0.240 e. The number of rotatable bonds is 11. The Morgan fingerprint density at radius 2 is 1.79 bits per heavy atom. The predicted octanol–water partition coefficient (Wildman–Crippen LogP) is 5.79. The lowest BCUT2D eigenvalue weighted by Gasteiger charge is -2.28. The van der Waals surface area contributed by atoms with Crippen molar-refractivity contribution in [2.45, 2.75) is 56.3 Å². The second kappa shape index (κ2) is 11.7. The van der Waals surface area contributed by atoms with Crippen LogP contribution < -0.4 is 4.72 Å². The van der Waals surface area contributed by atoms with Crippen molar-refractivity contribution in [3.8, 4) is 0 Å². The van der Waals surface area contributed by atoms with Gasteiger partial charge in [-0.25, -0.2) is 13.1 Å². The highest BCUT2D eigenvalue weighted by Crippen LogP contribution is 2.24. The van der Waals surface area contributed by atoms with Gasteiger partial charge in [0.25, 0.3) is 0 Å². The number of H-pyrrole nitrogens is 1. The Labute approximate surface area is 208 Å². The molecule has 34 heavy (non-hydrogen) atoms. The minimum absolute atomic E-state index is 0.335. The molecule has 1 aliphatic heterocycles. The standard InChI is InChI=1S/C27H36ClN3O2S/c1-31-17-14-22(15-18-31)6-3-2-5-21-8-11-25(12-9-21)34(32,33)30-16-4-7-23-20-29-27-13-10-24(28)19-26(23)27/h8-13,19-20,22,29-30H,2-7,14-18H2,1H3. The quantitative estimate of drug-likeness (QED) is 0.327. The first kappa shape index (κ1) is 25.2. The van der Waals surface area contributed by atoms with E-state index in [-0.39, 0.29) is 0 Å². The molecule has 0 bridgehead atoms. The molecule has 0 unspecified atom stereocenters. The van der Waals surface area contributed by atoms with E-state index in [1.165, 1.54) is 44.3 Å². The van der Waals surface area contributed by atoms with E-state index in [2.05, 4.69) is 21.7 Å². The number of fused-ring (bicyclic) bond motifs is 1. The highest BCUT2D eigenvalue weighted by atomic mass is 35.5. The van der Waals surface area contributed by atoms with Crippen LogP contribution in [0.3, 0.4) is 0 Å². The monoisotopic (exact) mass is 501 g/mol. The summed E-state index contributed by atoms with van der Waals surface area (Å²) in [4.78, 5) is 5.99. The maximum atomic E-state index is 12.7. The van der Waals surface area contributed by atoms with E-state index in [0.717, 1.165) is 41.6 Å². The number of unbranched alkanes of at least 4 members (excludes halogenated alkanes) is 1. The molecule has 0 radical (unpaired) electrons. The van der Waals surface area contributed by atoms with Gasteiger partial charge in [0.15, 0.2) is 0 Å². The number of aromatic amines is 1. The maximum absolute atomic E-state index is 12.7. The Balaban J connectivity index is 1.19. The summed E-state index contributed by atoms with van der Waals surface area (Å²) in [5.41, 5.74) is 3.40. The number of aryl methyl sites for hydroxylation is 2. The normalized spacial score (nSPS) is 15.8. The van der Waals surface area contributed by atoms with Crippen molar-refractivity contribution in [1.82, 2.24) is 14.6 Å². The zero-order valence-corrected chi connectivity index (χ0v) is 21.6. The van der Waals surface area contributed by atoms with E-state index in [1.54, 1.807) is 12.1 Å². The van der Waals surface area contributed by atoms with Crippen molar-refractivity contribution in [2.24, 2.45) is 5.92 Å². The summed E-state index contributed by atoms with van der Waals surface area (Å²) >= 11 is 6.11. The number of hydrogen-bond acceptors (Lipinski definition) is 3. The van der Waals surface area contributed by atoms with E-state index >= 15 is 0 Å². The molecule has 1 saturated heterocycles. The molecule has 2 aromatic carbocycles. The molecular formula is C27H36ClN3O2S. The number of sulfonamides is 1. The fourth-order valence-electron chi connectivity index (χ4n) is 4.87. The van der Waals surface area contributed by atoms with Gasteiger partial charge in [0, 0.05) is 28.7 Å². The van der Waals surface area contributed by atoms with Gasteiger partial charge in [0.05, 0.1) is 4.90 Å². The average Bonchev–Trinajstić information content (AvgIpc) is 3.23. The van der Waals surface area contributed by atoms with Crippen LogP contribution in [-0.2, 0) is 22.9 Å². The molecule has 7 heteroatoms. The fourth-order valence-corrected chi connectivity index (χ4v) is 6.12. The van der Waals surface area contributed by atoms with Crippen LogP contribution in [0.1, 0.15) is 49.7 Å². The number of benzene rings is 2. The van der Waals surface area contributed by atoms with Crippen LogP contribution in [0.5, 0.6) is 0 Å². The van der Waals surface area contributed by atoms with Crippen LogP contribution in [0.2, 0.25) is 5.02 Å². The average molecular weight is 502 g/mol. The van der Waals surface area contributed by atoms with Crippen molar-refractivity contribution in [2.75, 3.05) is 26.7 Å². The first-order valence-corrected chi connectivity index (χ1v) is 14.3. The number of aromatic nitrogens is 1. The molecular weight excluding hydrogens is 466 g/mol. The Bertz CT molecular complexity index is 1170. The first-order valence-electron chi connectivity index (χ1n) is 12.4. The molecule has 0 amide bonds. The van der Waals surface area contributed by atoms with Crippen molar-refractivity contribution in [3.63, 3.8) is 0 Å². The van der Waals surface area contributed by atoms with Gasteiger partial charge < -0.3 is 9.88 Å². The minimum atomic E-state index is -3.49. The molecule has 4 rings (SSSR count). The van der Waals surface area contributed by atoms with Gasteiger partial charge in [0.1, 0.15) is 0 Å². The number of nitrogens with zero attached hydrogens (tertiary/aromatic N) is 1. The summed E-state index contributed by atoms with van der Waals surface area (Å²) in [5.74, 6) is 0.878. The van der Waals surface area contributed by atoms with Gasteiger partial charge in [-0.15, -0.1) is 0 Å². The Morgan fingerprint density at radius 3 is 2.56 bits per heavy atom. The lowest BCUT2D eigenvalue weighted by atomic mass is 9.91. The number of halogens is 1. The highest BCUT2D eigenvalue weighted by Gasteiger charge is 2.16. The second-order valence-electron chi connectivity index (χ2n) is 9.64. The SMILES string of the molecule is CN1CCC(CCCCc2ccc(S(=O)(=O)NCCCc3c[nH]c4ccc(Cl)cc34)cc2)CC1. The topological polar surface area (TPSA) is 65.2 Å². The Morgan fingerprint density at radius 1 is 1.03 bits per heavy atom. The highest BCUT2D eigenvalue weighted by molar-refractivity contribution is 7.89. The second-order valence-corrected chi connectivity index (χ2v) is 11.8. The van der Waals surface area contributed by atoms with E-state index in [4.69, 9.17) is 11.6 Å². The number of nitrogens with one attached hydrogen (secondary N) is 2. The summed E-state index contributed by atoms with van der Waals surface area (Å²) in [6, 6.07) is 13.2. The molecule has 0 spiro atoms. The van der Waals surface area contributed by atoms with Gasteiger partial charge in [-0.1, -0.05) is 36.6 Å². The molecule has 0 aliphatic carbocycles. The molecule has 1 fully saturated rings. The van der Waals surface area contributed by atoms with E-state index < -0.39 is 10.0 Å². The van der Waals surface area contributed by atoms with Crippen molar-refractivity contribution < 1.29 is 8.42 Å². The lowest BCUT2D eigenvalue weighted by Crippen LogP contribution is -2.30. The van der Waals surface area contributed by atoms with Gasteiger partial charge in [-0.05, 0) is 106 Å². The van der Waals surface area contributed by atoms with Crippen LogP contribution in [-0.4, -0.2) is 45.0 Å². The number of piperidine rings is 1. The van der Waals surface area contributed by atoms with Gasteiger partial charge >= 0.3 is 0 Å². The molecule has 3 aromatic rings. The lowest BCUT2D eigenvalue weighted by molar-refractivity contribution is 0.210. The molecule has 1 aliphatic rings. The maximum Gasteiger partial charge on any atom is 0.240 e. The Kier molecular flexibility index (Phi) is 8.70. The van der Waals surface area contributed by atoms with E-state index in [0.29, 0.717) is 22.9 Å². The van der Waals surface area contributed by atoms with Crippen LogP contribution in [0.15, 0.2) is 53.6 Å². The number of likely N-dealkylation sites (tertiary alicyclic amines) is 1. The molecule has 0 atom stereocenters.